The van der Waals surface area contributed by atoms with Gasteiger partial charge < -0.3 is 5.43 Å². The fourth-order valence-corrected chi connectivity index (χ4v) is 1.51. The van der Waals surface area contributed by atoms with Crippen molar-refractivity contribution in [2.24, 2.45) is 0 Å². The van der Waals surface area contributed by atoms with Crippen LogP contribution in [0.1, 0.15) is 5.56 Å². The summed E-state index contributed by atoms with van der Waals surface area (Å²) in [4.78, 5) is 0.593. The molecule has 0 spiro atoms. The fraction of sp³-hybridized carbons (Fsp3) is 0. The van der Waals surface area contributed by atoms with Crippen LogP contribution in [-0.4, -0.2) is 4.99 Å². The van der Waals surface area contributed by atoms with Crippen molar-refractivity contribution in [2.75, 3.05) is 5.43 Å². The molecule has 0 heterocycles. The lowest BCUT2D eigenvalue weighted by Gasteiger charge is -2.10. The Bertz CT molecular complexity index is 497. The van der Waals surface area contributed by atoms with E-state index in [0.717, 1.165) is 11.3 Å². The summed E-state index contributed by atoms with van der Waals surface area (Å²) in [5, 5.41) is 0. The van der Waals surface area contributed by atoms with Gasteiger partial charge in [0, 0.05) is 5.56 Å². The smallest absolute Gasteiger partial charge is 0.125 e. The van der Waals surface area contributed by atoms with Gasteiger partial charge in [-0.1, -0.05) is 42.5 Å². The van der Waals surface area contributed by atoms with Crippen LogP contribution in [0.4, 0.5) is 10.1 Å². The predicted molar refractivity (Wildman–Crippen MR) is 71.3 cm³/mol. The molecule has 0 saturated carbocycles. The van der Waals surface area contributed by atoms with E-state index in [-0.39, 0.29) is 5.82 Å². The van der Waals surface area contributed by atoms with Crippen LogP contribution in [0.3, 0.4) is 0 Å². The number of thiocarbonyl (C=S) groups is 1. The first kappa shape index (κ1) is 11.5. The standard InChI is InChI=1S/C13H11FN2S/c14-11-6-8-12(9-7-11)15-16-13(17)10-4-2-1-3-5-10/h1-9,15H,(H,16,17). The minimum absolute atomic E-state index is 0.263. The molecule has 2 aromatic rings. The molecule has 17 heavy (non-hydrogen) atoms. The number of nitrogens with one attached hydrogen (secondary N) is 2. The van der Waals surface area contributed by atoms with E-state index in [1.807, 2.05) is 30.3 Å². The number of hydrazine groups is 1. The highest BCUT2D eigenvalue weighted by Crippen LogP contribution is 2.07. The molecule has 0 unspecified atom stereocenters. The van der Waals surface area contributed by atoms with Gasteiger partial charge in [-0.15, -0.1) is 0 Å². The Morgan fingerprint density at radius 3 is 2.24 bits per heavy atom. The van der Waals surface area contributed by atoms with Crippen LogP contribution >= 0.6 is 12.2 Å². The molecule has 0 aliphatic rings. The molecule has 0 fully saturated rings. The molecule has 2 N–H and O–H groups in total. The summed E-state index contributed by atoms with van der Waals surface area (Å²) >= 11 is 5.20. The van der Waals surface area contributed by atoms with E-state index in [1.54, 1.807) is 12.1 Å². The number of anilines is 1. The summed E-state index contributed by atoms with van der Waals surface area (Å²) in [7, 11) is 0. The van der Waals surface area contributed by atoms with E-state index in [1.165, 1.54) is 12.1 Å². The third-order valence-electron chi connectivity index (χ3n) is 2.20. The van der Waals surface area contributed by atoms with Crippen molar-refractivity contribution in [1.82, 2.24) is 5.43 Å². The maximum Gasteiger partial charge on any atom is 0.125 e. The second-order valence-electron chi connectivity index (χ2n) is 3.45. The minimum Gasteiger partial charge on any atom is -0.300 e. The quantitative estimate of drug-likeness (QED) is 0.642. The molecule has 2 aromatic carbocycles. The lowest BCUT2D eigenvalue weighted by atomic mass is 10.2. The third kappa shape index (κ3) is 3.26. The van der Waals surface area contributed by atoms with Gasteiger partial charge in [0.1, 0.15) is 10.8 Å². The van der Waals surface area contributed by atoms with Gasteiger partial charge in [-0.25, -0.2) is 4.39 Å². The summed E-state index contributed by atoms with van der Waals surface area (Å²) in [5.74, 6) is -0.263. The topological polar surface area (TPSA) is 24.1 Å². The van der Waals surface area contributed by atoms with Gasteiger partial charge in [0.25, 0.3) is 0 Å². The first-order valence-electron chi connectivity index (χ1n) is 5.13. The van der Waals surface area contributed by atoms with Crippen molar-refractivity contribution < 1.29 is 4.39 Å². The number of rotatable bonds is 3. The average Bonchev–Trinajstić information content (AvgIpc) is 2.39. The van der Waals surface area contributed by atoms with Crippen LogP contribution in [0.2, 0.25) is 0 Å². The molecule has 2 rings (SSSR count). The first-order chi connectivity index (χ1) is 8.25. The molecule has 0 amide bonds. The molecular weight excluding hydrogens is 235 g/mol. The Morgan fingerprint density at radius 2 is 1.59 bits per heavy atom. The lowest BCUT2D eigenvalue weighted by Crippen LogP contribution is -2.28. The Morgan fingerprint density at radius 1 is 0.941 bits per heavy atom. The number of hydrogen-bond acceptors (Lipinski definition) is 2. The molecule has 2 nitrogen and oxygen atoms in total. The second kappa shape index (κ2) is 5.41. The normalized spacial score (nSPS) is 9.71. The van der Waals surface area contributed by atoms with E-state index < -0.39 is 0 Å². The Hall–Kier alpha value is -1.94. The van der Waals surface area contributed by atoms with Gasteiger partial charge >= 0.3 is 0 Å². The number of halogens is 1. The van der Waals surface area contributed by atoms with Crippen LogP contribution in [0.15, 0.2) is 54.6 Å². The Balaban J connectivity index is 1.95. The van der Waals surface area contributed by atoms with Crippen molar-refractivity contribution in [1.29, 1.82) is 0 Å². The highest BCUT2D eigenvalue weighted by molar-refractivity contribution is 7.80. The van der Waals surface area contributed by atoms with E-state index >= 15 is 0 Å². The maximum absolute atomic E-state index is 12.7. The van der Waals surface area contributed by atoms with Gasteiger partial charge in [0.2, 0.25) is 0 Å². The van der Waals surface area contributed by atoms with Crippen molar-refractivity contribution in [3.8, 4) is 0 Å². The molecule has 86 valence electrons. The lowest BCUT2D eigenvalue weighted by molar-refractivity contribution is 0.628. The van der Waals surface area contributed by atoms with Crippen LogP contribution in [0, 0.1) is 5.82 Å². The summed E-state index contributed by atoms with van der Waals surface area (Å²) in [6, 6.07) is 15.6. The number of hydrogen-bond donors (Lipinski definition) is 2. The zero-order valence-electron chi connectivity index (χ0n) is 8.98. The van der Waals surface area contributed by atoms with Crippen LogP contribution in [0.5, 0.6) is 0 Å². The largest absolute Gasteiger partial charge is 0.300 e. The molecule has 0 bridgehead atoms. The minimum atomic E-state index is -0.263. The second-order valence-corrected chi connectivity index (χ2v) is 3.86. The molecule has 0 aromatic heterocycles. The van der Waals surface area contributed by atoms with Crippen molar-refractivity contribution in [2.45, 2.75) is 0 Å². The Kier molecular flexibility index (Phi) is 3.67. The van der Waals surface area contributed by atoms with Gasteiger partial charge in [0.15, 0.2) is 0 Å². The van der Waals surface area contributed by atoms with Gasteiger partial charge in [-0.05, 0) is 24.3 Å². The zero-order valence-corrected chi connectivity index (χ0v) is 9.80. The molecule has 0 radical (unpaired) electrons. The highest BCUT2D eigenvalue weighted by Gasteiger charge is 1.98. The SMILES string of the molecule is Fc1ccc(NNC(=S)c2ccccc2)cc1. The predicted octanol–water partition coefficient (Wildman–Crippen LogP) is 3.12. The van der Waals surface area contributed by atoms with Crippen LogP contribution in [0.25, 0.3) is 0 Å². The molecule has 0 saturated heterocycles. The van der Waals surface area contributed by atoms with E-state index in [4.69, 9.17) is 12.2 Å². The summed E-state index contributed by atoms with van der Waals surface area (Å²) in [6.07, 6.45) is 0. The molecule has 4 heteroatoms. The molecule has 0 aliphatic carbocycles. The molecular formula is C13H11FN2S. The average molecular weight is 246 g/mol. The van der Waals surface area contributed by atoms with Crippen LogP contribution < -0.4 is 10.9 Å². The highest BCUT2D eigenvalue weighted by atomic mass is 32.1. The maximum atomic E-state index is 12.7. The van der Waals surface area contributed by atoms with E-state index in [0.29, 0.717) is 4.99 Å². The van der Waals surface area contributed by atoms with Gasteiger partial charge in [-0.2, -0.15) is 0 Å². The summed E-state index contributed by atoms with van der Waals surface area (Å²) in [5.41, 5.74) is 7.49. The zero-order chi connectivity index (χ0) is 12.1. The fourth-order valence-electron chi connectivity index (χ4n) is 1.32. The molecule has 0 atom stereocenters. The molecule has 0 aliphatic heterocycles. The monoisotopic (exact) mass is 246 g/mol. The van der Waals surface area contributed by atoms with Crippen molar-refractivity contribution in [3.63, 3.8) is 0 Å². The van der Waals surface area contributed by atoms with E-state index in [9.17, 15) is 4.39 Å². The van der Waals surface area contributed by atoms with Crippen molar-refractivity contribution in [3.05, 3.63) is 66.0 Å². The third-order valence-corrected chi connectivity index (χ3v) is 2.54. The van der Waals surface area contributed by atoms with E-state index in [2.05, 4.69) is 10.9 Å². The Labute approximate surface area is 104 Å². The van der Waals surface area contributed by atoms with Crippen LogP contribution in [-0.2, 0) is 0 Å². The summed E-state index contributed by atoms with van der Waals surface area (Å²) in [6.45, 7) is 0. The first-order valence-corrected chi connectivity index (χ1v) is 5.53. The summed E-state index contributed by atoms with van der Waals surface area (Å²) < 4.78 is 12.7. The van der Waals surface area contributed by atoms with Gasteiger partial charge in [0.05, 0.1) is 5.69 Å². The number of benzene rings is 2. The van der Waals surface area contributed by atoms with Crippen molar-refractivity contribution >= 4 is 22.9 Å². The van der Waals surface area contributed by atoms with Gasteiger partial charge in [-0.3, -0.25) is 5.43 Å².